The van der Waals surface area contributed by atoms with E-state index >= 15 is 0 Å². The number of rotatable bonds is 2. The number of carbonyl (C=O) groups excluding carboxylic acids is 2. The molecule has 0 radical (unpaired) electrons. The maximum absolute atomic E-state index is 11.9. The van der Waals surface area contributed by atoms with Crippen molar-refractivity contribution in [2.45, 2.75) is 13.0 Å². The lowest BCUT2D eigenvalue weighted by molar-refractivity contribution is -0.122. The summed E-state index contributed by atoms with van der Waals surface area (Å²) in [5.41, 5.74) is 3.07. The second-order valence-corrected chi connectivity index (χ2v) is 5.01. The molecule has 0 saturated heterocycles. The molecule has 1 aromatic heterocycles. The molecule has 1 atom stereocenters. The summed E-state index contributed by atoms with van der Waals surface area (Å²) in [5, 5.41) is 7.12. The zero-order chi connectivity index (χ0) is 14.1. The van der Waals surface area contributed by atoms with Crippen LogP contribution >= 0.6 is 11.3 Å². The van der Waals surface area contributed by atoms with Crippen molar-refractivity contribution in [1.82, 2.24) is 4.98 Å². The first-order chi connectivity index (χ1) is 9.63. The highest BCUT2D eigenvalue weighted by atomic mass is 32.1. The molecule has 0 bridgehead atoms. The summed E-state index contributed by atoms with van der Waals surface area (Å²) in [6, 6.07) is 5.08. The number of hydrogen-bond donors (Lipinski definition) is 2. The number of carbonyl (C=O) groups is 2. The van der Waals surface area contributed by atoms with E-state index in [9.17, 15) is 9.59 Å². The standard InChI is InChI=1S/C13H11N3O3S/c1-7-12(17)16-9-4-8(2-3-11(9)19-7)15-13(18)10-5-20-6-14-10/h2-7H,1H3,(H,15,18)(H,16,17). The molecular formula is C13H11N3O3S. The molecule has 0 spiro atoms. The normalized spacial score (nSPS) is 16.9. The van der Waals surface area contributed by atoms with Gasteiger partial charge in [0, 0.05) is 11.1 Å². The Morgan fingerprint density at radius 3 is 3.10 bits per heavy atom. The quantitative estimate of drug-likeness (QED) is 0.887. The van der Waals surface area contributed by atoms with Crippen molar-refractivity contribution < 1.29 is 14.3 Å². The number of thiazole rings is 1. The van der Waals surface area contributed by atoms with Crippen LogP contribution in [0.1, 0.15) is 17.4 Å². The van der Waals surface area contributed by atoms with Gasteiger partial charge in [0.1, 0.15) is 11.4 Å². The van der Waals surface area contributed by atoms with Crippen LogP contribution in [-0.2, 0) is 4.79 Å². The second-order valence-electron chi connectivity index (χ2n) is 4.29. The number of aromatic nitrogens is 1. The third kappa shape index (κ3) is 2.35. The number of nitrogens with zero attached hydrogens (tertiary/aromatic N) is 1. The Kier molecular flexibility index (Phi) is 3.11. The number of nitrogens with one attached hydrogen (secondary N) is 2. The van der Waals surface area contributed by atoms with Gasteiger partial charge in [0.15, 0.2) is 6.10 Å². The highest BCUT2D eigenvalue weighted by Gasteiger charge is 2.23. The van der Waals surface area contributed by atoms with Crippen molar-refractivity contribution >= 4 is 34.5 Å². The molecule has 1 aliphatic rings. The van der Waals surface area contributed by atoms with Crippen LogP contribution in [0, 0.1) is 0 Å². The van der Waals surface area contributed by atoms with Gasteiger partial charge >= 0.3 is 0 Å². The average Bonchev–Trinajstić information content (AvgIpc) is 2.94. The van der Waals surface area contributed by atoms with Crippen LogP contribution < -0.4 is 15.4 Å². The lowest BCUT2D eigenvalue weighted by Crippen LogP contribution is -2.34. The van der Waals surface area contributed by atoms with E-state index in [1.807, 2.05) is 0 Å². The maximum Gasteiger partial charge on any atom is 0.275 e. The Hall–Kier alpha value is -2.41. The van der Waals surface area contributed by atoms with Crippen LogP contribution in [0.3, 0.4) is 0 Å². The van der Waals surface area contributed by atoms with E-state index in [0.29, 0.717) is 22.8 Å². The molecule has 1 unspecified atom stereocenters. The summed E-state index contributed by atoms with van der Waals surface area (Å²) in [6.45, 7) is 1.68. The summed E-state index contributed by atoms with van der Waals surface area (Å²) < 4.78 is 5.44. The molecule has 1 aliphatic heterocycles. The predicted molar refractivity (Wildman–Crippen MR) is 75.2 cm³/mol. The zero-order valence-electron chi connectivity index (χ0n) is 10.5. The van der Waals surface area contributed by atoms with Gasteiger partial charge in [-0.3, -0.25) is 9.59 Å². The summed E-state index contributed by atoms with van der Waals surface area (Å²) in [6.07, 6.45) is -0.516. The summed E-state index contributed by atoms with van der Waals surface area (Å²) >= 11 is 1.35. The monoisotopic (exact) mass is 289 g/mol. The van der Waals surface area contributed by atoms with Crippen molar-refractivity contribution in [3.05, 3.63) is 34.8 Å². The van der Waals surface area contributed by atoms with Crippen LogP contribution in [-0.4, -0.2) is 22.9 Å². The van der Waals surface area contributed by atoms with Gasteiger partial charge in [0.2, 0.25) is 0 Å². The van der Waals surface area contributed by atoms with Gasteiger partial charge in [0.05, 0.1) is 11.2 Å². The molecule has 3 rings (SSSR count). The second kappa shape index (κ2) is 4.93. The number of hydrogen-bond acceptors (Lipinski definition) is 5. The van der Waals surface area contributed by atoms with Gasteiger partial charge in [-0.05, 0) is 25.1 Å². The summed E-state index contributed by atoms with van der Waals surface area (Å²) in [7, 11) is 0. The smallest absolute Gasteiger partial charge is 0.275 e. The molecule has 2 aromatic rings. The molecule has 20 heavy (non-hydrogen) atoms. The van der Waals surface area contributed by atoms with Crippen LogP contribution in [0.2, 0.25) is 0 Å². The van der Waals surface area contributed by atoms with Crippen LogP contribution in [0.15, 0.2) is 29.1 Å². The van der Waals surface area contributed by atoms with E-state index in [1.165, 1.54) is 11.3 Å². The number of benzene rings is 1. The number of fused-ring (bicyclic) bond motifs is 1. The van der Waals surface area contributed by atoms with Crippen LogP contribution in [0.5, 0.6) is 5.75 Å². The highest BCUT2D eigenvalue weighted by molar-refractivity contribution is 7.07. The van der Waals surface area contributed by atoms with E-state index < -0.39 is 6.10 Å². The fourth-order valence-electron chi connectivity index (χ4n) is 1.81. The Balaban J connectivity index is 1.81. The highest BCUT2D eigenvalue weighted by Crippen LogP contribution is 2.32. The van der Waals surface area contributed by atoms with Gasteiger partial charge in [0.25, 0.3) is 11.8 Å². The molecular weight excluding hydrogens is 278 g/mol. The number of amides is 2. The molecule has 6 nitrogen and oxygen atoms in total. The van der Waals surface area contributed by atoms with Gasteiger partial charge in [-0.15, -0.1) is 11.3 Å². The predicted octanol–water partition coefficient (Wildman–Crippen LogP) is 2.11. The molecule has 2 amide bonds. The maximum atomic E-state index is 11.9. The van der Waals surface area contributed by atoms with E-state index in [0.717, 1.165) is 0 Å². The molecule has 2 N–H and O–H groups in total. The summed E-state index contributed by atoms with van der Waals surface area (Å²) in [5.74, 6) is 0.0897. The molecule has 0 saturated carbocycles. The van der Waals surface area contributed by atoms with E-state index in [4.69, 9.17) is 4.74 Å². The molecule has 102 valence electrons. The topological polar surface area (TPSA) is 80.3 Å². The first-order valence-electron chi connectivity index (χ1n) is 5.94. The Morgan fingerprint density at radius 2 is 2.35 bits per heavy atom. The van der Waals surface area contributed by atoms with Gasteiger partial charge in [-0.2, -0.15) is 0 Å². The summed E-state index contributed by atoms with van der Waals surface area (Å²) in [4.78, 5) is 27.4. The first-order valence-corrected chi connectivity index (χ1v) is 6.89. The molecule has 7 heteroatoms. The van der Waals surface area contributed by atoms with Crippen molar-refractivity contribution in [3.8, 4) is 5.75 Å². The molecule has 2 heterocycles. The fourth-order valence-corrected chi connectivity index (χ4v) is 2.34. The average molecular weight is 289 g/mol. The van der Waals surface area contributed by atoms with Crippen molar-refractivity contribution in [2.75, 3.05) is 10.6 Å². The molecule has 1 aromatic carbocycles. The minimum atomic E-state index is -0.516. The fraction of sp³-hybridized carbons (Fsp3) is 0.154. The number of anilines is 2. The Bertz CT molecular complexity index is 670. The van der Waals surface area contributed by atoms with Crippen molar-refractivity contribution in [1.29, 1.82) is 0 Å². The van der Waals surface area contributed by atoms with E-state index in [1.54, 1.807) is 36.0 Å². The van der Waals surface area contributed by atoms with Gasteiger partial charge < -0.3 is 15.4 Å². The zero-order valence-corrected chi connectivity index (χ0v) is 11.4. The first kappa shape index (κ1) is 12.6. The van der Waals surface area contributed by atoms with Crippen LogP contribution in [0.4, 0.5) is 11.4 Å². The SMILES string of the molecule is CC1Oc2ccc(NC(=O)c3cscn3)cc2NC1=O. The largest absolute Gasteiger partial charge is 0.479 e. The van der Waals surface area contributed by atoms with E-state index in [-0.39, 0.29) is 11.8 Å². The minimum Gasteiger partial charge on any atom is -0.479 e. The van der Waals surface area contributed by atoms with Crippen molar-refractivity contribution in [3.63, 3.8) is 0 Å². The number of ether oxygens (including phenoxy) is 1. The Morgan fingerprint density at radius 1 is 1.50 bits per heavy atom. The van der Waals surface area contributed by atoms with Crippen LogP contribution in [0.25, 0.3) is 0 Å². The third-order valence-electron chi connectivity index (χ3n) is 2.83. The van der Waals surface area contributed by atoms with Gasteiger partial charge in [-0.1, -0.05) is 0 Å². The van der Waals surface area contributed by atoms with E-state index in [2.05, 4.69) is 15.6 Å². The molecule has 0 aliphatic carbocycles. The lowest BCUT2D eigenvalue weighted by atomic mass is 10.2. The van der Waals surface area contributed by atoms with Gasteiger partial charge in [-0.25, -0.2) is 4.98 Å². The Labute approximate surface area is 118 Å². The minimum absolute atomic E-state index is 0.208. The van der Waals surface area contributed by atoms with Crippen molar-refractivity contribution in [2.24, 2.45) is 0 Å². The molecule has 0 fully saturated rings. The lowest BCUT2D eigenvalue weighted by Gasteiger charge is -2.23. The third-order valence-corrected chi connectivity index (χ3v) is 3.42.